The minimum absolute atomic E-state index is 0.0367. The molecule has 2 aliphatic carbocycles. The van der Waals surface area contributed by atoms with E-state index in [1.807, 2.05) is 17.0 Å². The van der Waals surface area contributed by atoms with Crippen molar-refractivity contribution in [1.29, 1.82) is 0 Å². The summed E-state index contributed by atoms with van der Waals surface area (Å²) in [5.74, 6) is -0.0971. The van der Waals surface area contributed by atoms with Gasteiger partial charge in [0.15, 0.2) is 0 Å². The number of furan rings is 1. The highest BCUT2D eigenvalue weighted by Crippen LogP contribution is 2.45. The summed E-state index contributed by atoms with van der Waals surface area (Å²) in [6, 6.07) is 3.91. The molecule has 1 aromatic rings. The third-order valence-corrected chi connectivity index (χ3v) is 5.25. The van der Waals surface area contributed by atoms with Crippen LogP contribution in [0.5, 0.6) is 0 Å². The molecular formula is C17H23NO4. The molecule has 2 saturated carbocycles. The van der Waals surface area contributed by atoms with Gasteiger partial charge in [-0.05, 0) is 37.8 Å². The van der Waals surface area contributed by atoms with Crippen molar-refractivity contribution in [3.05, 3.63) is 24.2 Å². The lowest BCUT2D eigenvalue weighted by Gasteiger charge is -2.39. The maximum Gasteiger partial charge on any atom is 0.310 e. The van der Waals surface area contributed by atoms with E-state index in [4.69, 9.17) is 4.42 Å². The number of nitrogens with zero attached hydrogens (tertiary/aromatic N) is 1. The minimum Gasteiger partial charge on any atom is -0.481 e. The first-order valence-electron chi connectivity index (χ1n) is 8.16. The van der Waals surface area contributed by atoms with E-state index in [1.54, 1.807) is 6.26 Å². The summed E-state index contributed by atoms with van der Waals surface area (Å²) in [6.07, 6.45) is 8.16. The SMILES string of the molecule is O=C(CC1(C(=O)O)CCC1)N(Cc1ccco1)C1CCCC1. The number of amides is 1. The molecule has 0 radical (unpaired) electrons. The fraction of sp³-hybridized carbons (Fsp3) is 0.647. The number of hydrogen-bond donors (Lipinski definition) is 1. The molecule has 3 rings (SSSR count). The highest BCUT2D eigenvalue weighted by atomic mass is 16.4. The van der Waals surface area contributed by atoms with Gasteiger partial charge in [-0.3, -0.25) is 9.59 Å². The van der Waals surface area contributed by atoms with Gasteiger partial charge in [0.05, 0.1) is 18.2 Å². The molecule has 0 bridgehead atoms. The van der Waals surface area contributed by atoms with E-state index >= 15 is 0 Å². The smallest absolute Gasteiger partial charge is 0.310 e. The fourth-order valence-electron chi connectivity index (χ4n) is 3.67. The molecule has 0 spiro atoms. The Labute approximate surface area is 130 Å². The maximum atomic E-state index is 12.8. The number of carboxylic acids is 1. The summed E-state index contributed by atoms with van der Waals surface area (Å²) in [6.45, 7) is 0.451. The lowest BCUT2D eigenvalue weighted by molar-refractivity contribution is -0.160. The first kappa shape index (κ1) is 15.1. The molecule has 5 nitrogen and oxygen atoms in total. The molecule has 1 amide bonds. The van der Waals surface area contributed by atoms with Crippen LogP contribution in [0, 0.1) is 5.41 Å². The van der Waals surface area contributed by atoms with Crippen LogP contribution < -0.4 is 0 Å². The van der Waals surface area contributed by atoms with Gasteiger partial charge in [-0.2, -0.15) is 0 Å². The lowest BCUT2D eigenvalue weighted by atomic mass is 9.66. The lowest BCUT2D eigenvalue weighted by Crippen LogP contribution is -2.46. The molecule has 5 heteroatoms. The molecule has 22 heavy (non-hydrogen) atoms. The van der Waals surface area contributed by atoms with Crippen LogP contribution in [0.1, 0.15) is 57.1 Å². The van der Waals surface area contributed by atoms with Gasteiger partial charge in [0.25, 0.3) is 0 Å². The monoisotopic (exact) mass is 305 g/mol. The van der Waals surface area contributed by atoms with Crippen LogP contribution in [0.4, 0.5) is 0 Å². The molecule has 0 aliphatic heterocycles. The van der Waals surface area contributed by atoms with Crippen LogP contribution in [0.2, 0.25) is 0 Å². The standard InChI is InChI=1S/C17H23NO4/c19-15(11-17(16(20)21)8-4-9-17)18(13-5-1-2-6-13)12-14-7-3-10-22-14/h3,7,10,13H,1-2,4-6,8-9,11-12H2,(H,20,21). The predicted octanol–water partition coefficient (Wildman–Crippen LogP) is 3.20. The molecule has 0 aromatic carbocycles. The molecule has 120 valence electrons. The Morgan fingerprint density at radius 1 is 1.27 bits per heavy atom. The summed E-state index contributed by atoms with van der Waals surface area (Å²) in [5.41, 5.74) is -0.822. The van der Waals surface area contributed by atoms with Crippen molar-refractivity contribution in [3.63, 3.8) is 0 Å². The van der Waals surface area contributed by atoms with Gasteiger partial charge >= 0.3 is 5.97 Å². The van der Waals surface area contributed by atoms with Crippen molar-refractivity contribution in [2.45, 2.75) is 64.0 Å². The molecule has 0 atom stereocenters. The molecule has 1 N–H and O–H groups in total. The molecule has 2 aliphatic rings. The molecular weight excluding hydrogens is 282 g/mol. The van der Waals surface area contributed by atoms with Gasteiger partial charge in [-0.15, -0.1) is 0 Å². The zero-order chi connectivity index (χ0) is 15.6. The van der Waals surface area contributed by atoms with Crippen LogP contribution in [0.3, 0.4) is 0 Å². The summed E-state index contributed by atoms with van der Waals surface area (Å²) in [7, 11) is 0. The quantitative estimate of drug-likeness (QED) is 0.876. The average molecular weight is 305 g/mol. The number of carboxylic acid groups (broad SMARTS) is 1. The van der Waals surface area contributed by atoms with Crippen molar-refractivity contribution in [3.8, 4) is 0 Å². The van der Waals surface area contributed by atoms with E-state index in [0.717, 1.165) is 37.9 Å². The third-order valence-electron chi connectivity index (χ3n) is 5.25. The van der Waals surface area contributed by atoms with Gasteiger partial charge in [0.1, 0.15) is 5.76 Å². The Morgan fingerprint density at radius 3 is 2.50 bits per heavy atom. The average Bonchev–Trinajstić information content (AvgIpc) is 3.11. The summed E-state index contributed by atoms with van der Waals surface area (Å²) in [5, 5.41) is 9.45. The highest BCUT2D eigenvalue weighted by Gasteiger charge is 2.47. The molecule has 1 aromatic heterocycles. The van der Waals surface area contributed by atoms with Crippen LogP contribution >= 0.6 is 0 Å². The Kier molecular flexibility index (Phi) is 4.23. The zero-order valence-electron chi connectivity index (χ0n) is 12.8. The number of hydrogen-bond acceptors (Lipinski definition) is 3. The van der Waals surface area contributed by atoms with Crippen molar-refractivity contribution in [2.75, 3.05) is 0 Å². The van der Waals surface area contributed by atoms with Gasteiger partial charge < -0.3 is 14.4 Å². The highest BCUT2D eigenvalue weighted by molar-refractivity contribution is 5.85. The predicted molar refractivity (Wildman–Crippen MR) is 80.1 cm³/mol. The number of carbonyl (C=O) groups excluding carboxylic acids is 1. The first-order chi connectivity index (χ1) is 10.6. The fourth-order valence-corrected chi connectivity index (χ4v) is 3.67. The summed E-state index contributed by atoms with van der Waals surface area (Å²) >= 11 is 0. The number of carbonyl (C=O) groups is 2. The maximum absolute atomic E-state index is 12.8. The Morgan fingerprint density at radius 2 is 2.00 bits per heavy atom. The molecule has 1 heterocycles. The van der Waals surface area contributed by atoms with Crippen molar-refractivity contribution >= 4 is 11.9 Å². The van der Waals surface area contributed by atoms with Gasteiger partial charge in [-0.1, -0.05) is 19.3 Å². The van der Waals surface area contributed by atoms with Gasteiger partial charge in [0, 0.05) is 12.5 Å². The van der Waals surface area contributed by atoms with E-state index in [2.05, 4.69) is 0 Å². The van der Waals surface area contributed by atoms with Crippen molar-refractivity contribution in [2.24, 2.45) is 5.41 Å². The zero-order valence-corrected chi connectivity index (χ0v) is 12.8. The second-order valence-electron chi connectivity index (χ2n) is 6.66. The normalized spacial score (nSPS) is 20.5. The largest absolute Gasteiger partial charge is 0.481 e. The third kappa shape index (κ3) is 2.89. The van der Waals surface area contributed by atoms with Gasteiger partial charge in [-0.25, -0.2) is 0 Å². The van der Waals surface area contributed by atoms with Crippen LogP contribution in [-0.2, 0) is 16.1 Å². The van der Waals surface area contributed by atoms with E-state index < -0.39 is 11.4 Å². The van der Waals surface area contributed by atoms with Crippen LogP contribution in [-0.4, -0.2) is 27.9 Å². The minimum atomic E-state index is -0.823. The van der Waals surface area contributed by atoms with Gasteiger partial charge in [0.2, 0.25) is 5.91 Å². The second-order valence-corrected chi connectivity index (χ2v) is 6.66. The first-order valence-corrected chi connectivity index (χ1v) is 8.16. The van der Waals surface area contributed by atoms with E-state index in [0.29, 0.717) is 19.4 Å². The molecule has 2 fully saturated rings. The van der Waals surface area contributed by atoms with E-state index in [-0.39, 0.29) is 18.4 Å². The van der Waals surface area contributed by atoms with Crippen LogP contribution in [0.15, 0.2) is 22.8 Å². The Bertz CT molecular complexity index is 527. The van der Waals surface area contributed by atoms with Crippen LogP contribution in [0.25, 0.3) is 0 Å². The number of aliphatic carboxylic acids is 1. The second kappa shape index (κ2) is 6.15. The van der Waals surface area contributed by atoms with E-state index in [1.165, 1.54) is 0 Å². The topological polar surface area (TPSA) is 70.8 Å². The van der Waals surface area contributed by atoms with Crippen molar-refractivity contribution < 1.29 is 19.1 Å². The van der Waals surface area contributed by atoms with Crippen molar-refractivity contribution in [1.82, 2.24) is 4.90 Å². The Hall–Kier alpha value is -1.78. The Balaban J connectivity index is 1.72. The molecule has 0 unspecified atom stereocenters. The van der Waals surface area contributed by atoms with E-state index in [9.17, 15) is 14.7 Å². The summed E-state index contributed by atoms with van der Waals surface area (Å²) in [4.78, 5) is 26.2. The molecule has 0 saturated heterocycles. The number of rotatable bonds is 6. The summed E-state index contributed by atoms with van der Waals surface area (Å²) < 4.78 is 5.38.